The van der Waals surface area contributed by atoms with Gasteiger partial charge in [-0.25, -0.2) is 0 Å². The molecule has 0 amide bonds. The molecule has 2 aliphatic carbocycles. The fraction of sp³-hybridized carbons (Fsp3) is 1.00. The van der Waals surface area contributed by atoms with Crippen LogP contribution in [0.3, 0.4) is 0 Å². The number of hydrogen-bond acceptors (Lipinski definition) is 4. The molecule has 0 aromatic heterocycles. The molecule has 108 valence electrons. The monoisotopic (exact) mass is 268 g/mol. The Bertz CT molecular complexity index is 300. The highest BCUT2D eigenvalue weighted by Crippen LogP contribution is 2.42. The molecule has 0 aromatic rings. The Kier molecular flexibility index (Phi) is 3.30. The Hall–Kier alpha value is -0.160. The van der Waals surface area contributed by atoms with E-state index in [1.807, 2.05) is 0 Å². The van der Waals surface area contributed by atoms with Crippen LogP contribution in [0.5, 0.6) is 0 Å². The van der Waals surface area contributed by atoms with Crippen molar-refractivity contribution in [1.29, 1.82) is 0 Å². The van der Waals surface area contributed by atoms with Crippen LogP contribution in [0.25, 0.3) is 0 Å². The van der Waals surface area contributed by atoms with Crippen LogP contribution in [0.4, 0.5) is 0 Å². The van der Waals surface area contributed by atoms with Crippen LogP contribution in [0.2, 0.25) is 0 Å². The molecule has 0 bridgehead atoms. The Morgan fingerprint density at radius 2 is 1.11 bits per heavy atom. The van der Waals surface area contributed by atoms with Crippen molar-refractivity contribution in [3.8, 4) is 0 Å². The van der Waals surface area contributed by atoms with Gasteiger partial charge in [0, 0.05) is 11.8 Å². The van der Waals surface area contributed by atoms with E-state index in [0.717, 1.165) is 26.1 Å². The lowest BCUT2D eigenvalue weighted by atomic mass is 9.86. The molecule has 2 saturated carbocycles. The molecule has 2 saturated heterocycles. The van der Waals surface area contributed by atoms with Crippen molar-refractivity contribution in [3.05, 3.63) is 0 Å². The summed E-state index contributed by atoms with van der Waals surface area (Å²) in [4.78, 5) is 0. The third-order valence-corrected chi connectivity index (χ3v) is 5.22. The Labute approximate surface area is 114 Å². The van der Waals surface area contributed by atoms with Crippen molar-refractivity contribution in [2.45, 2.75) is 69.7 Å². The number of rotatable bonds is 0. The van der Waals surface area contributed by atoms with Crippen LogP contribution in [0, 0.1) is 11.8 Å². The van der Waals surface area contributed by atoms with Gasteiger partial charge in [-0.1, -0.05) is 25.7 Å². The minimum atomic E-state index is -1.17. The maximum absolute atomic E-state index is 6.10. The second-order valence-electron chi connectivity index (χ2n) is 6.52. The second kappa shape index (κ2) is 4.99. The molecule has 4 aliphatic rings. The van der Waals surface area contributed by atoms with E-state index in [0.29, 0.717) is 11.8 Å². The second-order valence-corrected chi connectivity index (χ2v) is 6.52. The highest BCUT2D eigenvalue weighted by atomic mass is 17.0. The van der Waals surface area contributed by atoms with Gasteiger partial charge in [0.1, 0.15) is 0 Å². The zero-order valence-electron chi connectivity index (χ0n) is 11.5. The van der Waals surface area contributed by atoms with Gasteiger partial charge in [0.2, 0.25) is 0 Å². The first kappa shape index (κ1) is 12.6. The van der Waals surface area contributed by atoms with Crippen LogP contribution < -0.4 is 0 Å². The van der Waals surface area contributed by atoms with Crippen LogP contribution in [0.1, 0.15) is 51.4 Å². The fourth-order valence-corrected chi connectivity index (χ4v) is 4.03. The lowest BCUT2D eigenvalue weighted by Gasteiger charge is -2.50. The van der Waals surface area contributed by atoms with E-state index in [4.69, 9.17) is 18.9 Å². The molecule has 4 rings (SSSR count). The van der Waals surface area contributed by atoms with E-state index in [-0.39, 0.29) is 12.2 Å². The van der Waals surface area contributed by atoms with E-state index < -0.39 is 6.16 Å². The average molecular weight is 268 g/mol. The summed E-state index contributed by atoms with van der Waals surface area (Å²) in [5.41, 5.74) is 0. The summed E-state index contributed by atoms with van der Waals surface area (Å²) in [6.45, 7) is 1.45. The quantitative estimate of drug-likeness (QED) is 0.677. The molecule has 2 aliphatic heterocycles. The van der Waals surface area contributed by atoms with Gasteiger partial charge in [0.05, 0.1) is 25.4 Å². The van der Waals surface area contributed by atoms with E-state index in [9.17, 15) is 0 Å². The zero-order chi connectivity index (χ0) is 12.7. The minimum Gasteiger partial charge on any atom is -0.303 e. The predicted molar refractivity (Wildman–Crippen MR) is 68.3 cm³/mol. The standard InChI is InChI=1S/C15H24O4/c1-3-7-13-11(5-1)9-16-15(18-13)17-10-12-6-2-4-8-14(12)19-15/h11-14H,1-10H2/t11-,12?,13+,14?,15+/m0/s1. The molecule has 5 atom stereocenters. The number of ether oxygens (including phenoxy) is 4. The van der Waals surface area contributed by atoms with Crippen molar-refractivity contribution in [2.75, 3.05) is 13.2 Å². The maximum Gasteiger partial charge on any atom is 0.413 e. The van der Waals surface area contributed by atoms with Crippen molar-refractivity contribution in [3.63, 3.8) is 0 Å². The highest BCUT2D eigenvalue weighted by Gasteiger charge is 2.52. The van der Waals surface area contributed by atoms with E-state index in [1.54, 1.807) is 0 Å². The molecule has 4 fully saturated rings. The molecular formula is C15H24O4. The van der Waals surface area contributed by atoms with Crippen molar-refractivity contribution < 1.29 is 18.9 Å². The lowest BCUT2D eigenvalue weighted by Crippen LogP contribution is -2.59. The summed E-state index contributed by atoms with van der Waals surface area (Å²) >= 11 is 0. The molecule has 0 N–H and O–H groups in total. The van der Waals surface area contributed by atoms with Crippen LogP contribution >= 0.6 is 0 Å². The van der Waals surface area contributed by atoms with Crippen molar-refractivity contribution in [2.24, 2.45) is 11.8 Å². The van der Waals surface area contributed by atoms with Crippen molar-refractivity contribution in [1.82, 2.24) is 0 Å². The largest absolute Gasteiger partial charge is 0.413 e. The first-order valence-corrected chi connectivity index (χ1v) is 7.98. The predicted octanol–water partition coefficient (Wildman–Crippen LogP) is 2.81. The number of hydrogen-bond donors (Lipinski definition) is 0. The highest BCUT2D eigenvalue weighted by molar-refractivity contribution is 4.83. The molecule has 19 heavy (non-hydrogen) atoms. The van der Waals surface area contributed by atoms with Crippen molar-refractivity contribution >= 4 is 0 Å². The van der Waals surface area contributed by atoms with Gasteiger partial charge in [-0.05, 0) is 25.7 Å². The summed E-state index contributed by atoms with van der Waals surface area (Å²) in [6.07, 6.45) is 9.14. The molecule has 0 aromatic carbocycles. The van der Waals surface area contributed by atoms with E-state index >= 15 is 0 Å². The van der Waals surface area contributed by atoms with Gasteiger partial charge < -0.3 is 9.47 Å². The van der Waals surface area contributed by atoms with Crippen LogP contribution in [0.15, 0.2) is 0 Å². The average Bonchev–Trinajstić information content (AvgIpc) is 2.47. The Morgan fingerprint density at radius 3 is 1.63 bits per heavy atom. The molecule has 4 nitrogen and oxygen atoms in total. The molecule has 2 heterocycles. The summed E-state index contributed by atoms with van der Waals surface area (Å²) in [5, 5.41) is 0. The molecule has 0 radical (unpaired) electrons. The SMILES string of the molecule is C1CCC2O[C@@]3(OCC2C1)OC[C@@H]1CCCC[C@H]1O3. The molecule has 1 spiro atoms. The van der Waals surface area contributed by atoms with Gasteiger partial charge in [-0.2, -0.15) is 0 Å². The topological polar surface area (TPSA) is 36.9 Å². The molecular weight excluding hydrogens is 244 g/mol. The third-order valence-electron chi connectivity index (χ3n) is 5.22. The van der Waals surface area contributed by atoms with Crippen LogP contribution in [-0.4, -0.2) is 31.6 Å². The smallest absolute Gasteiger partial charge is 0.303 e. The fourth-order valence-electron chi connectivity index (χ4n) is 4.03. The summed E-state index contributed by atoms with van der Waals surface area (Å²) in [5.74, 6) is 1.08. The summed E-state index contributed by atoms with van der Waals surface area (Å²) in [7, 11) is 0. The lowest BCUT2D eigenvalue weighted by molar-refractivity contribution is -0.559. The van der Waals surface area contributed by atoms with E-state index in [2.05, 4.69) is 0 Å². The number of fused-ring (bicyclic) bond motifs is 2. The Balaban J connectivity index is 1.45. The van der Waals surface area contributed by atoms with E-state index in [1.165, 1.54) is 38.5 Å². The summed E-state index contributed by atoms with van der Waals surface area (Å²) < 4.78 is 23.9. The van der Waals surface area contributed by atoms with Gasteiger partial charge in [0.25, 0.3) is 0 Å². The Morgan fingerprint density at radius 1 is 0.632 bits per heavy atom. The van der Waals surface area contributed by atoms with Gasteiger partial charge in [0.15, 0.2) is 0 Å². The first-order chi connectivity index (χ1) is 9.35. The maximum atomic E-state index is 6.10. The molecule has 4 heteroatoms. The van der Waals surface area contributed by atoms with Gasteiger partial charge >= 0.3 is 6.16 Å². The zero-order valence-corrected chi connectivity index (χ0v) is 11.5. The van der Waals surface area contributed by atoms with Crippen LogP contribution in [-0.2, 0) is 18.9 Å². The van der Waals surface area contributed by atoms with Gasteiger partial charge in [-0.3, -0.25) is 9.47 Å². The first-order valence-electron chi connectivity index (χ1n) is 7.98. The molecule has 2 unspecified atom stereocenters. The van der Waals surface area contributed by atoms with Gasteiger partial charge in [-0.15, -0.1) is 0 Å². The minimum absolute atomic E-state index is 0.266. The third kappa shape index (κ3) is 2.33. The summed E-state index contributed by atoms with van der Waals surface area (Å²) in [6, 6.07) is 0. The normalized spacial score (nSPS) is 50.5.